The van der Waals surface area contributed by atoms with Gasteiger partial charge < -0.3 is 4.42 Å². The minimum absolute atomic E-state index is 0.832. The summed E-state index contributed by atoms with van der Waals surface area (Å²) in [6.45, 7) is 0. The van der Waals surface area contributed by atoms with E-state index >= 15 is 0 Å². The first-order valence-corrected chi connectivity index (χ1v) is 15.7. The van der Waals surface area contributed by atoms with Crippen LogP contribution in [0, 0.1) is 0 Å². The zero-order valence-corrected chi connectivity index (χ0v) is 24.4. The van der Waals surface area contributed by atoms with Gasteiger partial charge in [0.05, 0.1) is 22.1 Å². The maximum absolute atomic E-state index is 6.53. The Balaban J connectivity index is 1.36. The number of fused-ring (bicyclic) bond motifs is 3. The summed E-state index contributed by atoms with van der Waals surface area (Å²) in [5.41, 5.74) is 7.81. The average Bonchev–Trinajstić information content (AvgIpc) is 3.62. The molecule has 0 aliphatic heterocycles. The largest absolute Gasteiger partial charge is 0.456 e. The monoisotopic (exact) mass is 583 g/mol. The molecule has 0 aliphatic carbocycles. The number of nitrogens with zero attached hydrogens (tertiary/aromatic N) is 3. The van der Waals surface area contributed by atoms with Crippen LogP contribution in [0.3, 0.4) is 0 Å². The van der Waals surface area contributed by atoms with E-state index in [0.717, 1.165) is 61.1 Å². The second kappa shape index (κ2) is 7.87. The van der Waals surface area contributed by atoms with Crippen LogP contribution in [-0.2, 0) is 0 Å². The fourth-order valence-electron chi connectivity index (χ4n) is 8.34. The molecule has 12 rings (SSSR count). The molecule has 0 unspecified atom stereocenters. The molecule has 3 aromatic heterocycles. The number of hydrogen-bond donors (Lipinski definition) is 0. The standard InChI is InChI=1S/C42H21N3O/c1-2-7-26(8-3-1)40-42(43-28-17-12-22-6-4-5-9-27(22)41(28)44-40)45-29-18-13-23-10-11-24-15-20-31-38-34(24)33(23)36(29)37-30(45)19-14-25-16-21-32(46-31)39(38)35(25)37/h1-21H. The highest BCUT2D eigenvalue weighted by Gasteiger charge is 2.27. The Kier molecular flexibility index (Phi) is 3.96. The summed E-state index contributed by atoms with van der Waals surface area (Å²) in [5.74, 6) is 0.832. The van der Waals surface area contributed by atoms with Crippen LogP contribution in [0.4, 0.5) is 0 Å². The first kappa shape index (κ1) is 23.2. The Labute approximate surface area is 260 Å². The molecule has 4 nitrogen and oxygen atoms in total. The van der Waals surface area contributed by atoms with Crippen molar-refractivity contribution in [2.75, 3.05) is 0 Å². The lowest BCUT2D eigenvalue weighted by molar-refractivity contribution is 0.669. The Morgan fingerprint density at radius 2 is 1.00 bits per heavy atom. The van der Waals surface area contributed by atoms with Crippen molar-refractivity contribution in [2.24, 2.45) is 0 Å². The minimum Gasteiger partial charge on any atom is -0.456 e. The van der Waals surface area contributed by atoms with Gasteiger partial charge in [-0.25, -0.2) is 9.97 Å². The van der Waals surface area contributed by atoms with Crippen LogP contribution in [0.2, 0.25) is 0 Å². The van der Waals surface area contributed by atoms with Crippen LogP contribution >= 0.6 is 0 Å². The van der Waals surface area contributed by atoms with Gasteiger partial charge in [0, 0.05) is 48.7 Å². The van der Waals surface area contributed by atoms with Crippen LogP contribution in [0.15, 0.2) is 132 Å². The third-order valence-corrected chi connectivity index (χ3v) is 10.2. The second-order valence-corrected chi connectivity index (χ2v) is 12.5. The molecular weight excluding hydrogens is 562 g/mol. The first-order chi connectivity index (χ1) is 22.8. The molecule has 0 fully saturated rings. The summed E-state index contributed by atoms with van der Waals surface area (Å²) in [5, 5.41) is 14.6. The highest BCUT2D eigenvalue weighted by atomic mass is 16.3. The Morgan fingerprint density at radius 1 is 0.435 bits per heavy atom. The van der Waals surface area contributed by atoms with E-state index in [9.17, 15) is 0 Å². The molecule has 3 heterocycles. The van der Waals surface area contributed by atoms with Crippen LogP contribution < -0.4 is 0 Å². The molecule has 9 aromatic carbocycles. The van der Waals surface area contributed by atoms with Crippen molar-refractivity contribution in [2.45, 2.75) is 0 Å². The fourth-order valence-corrected chi connectivity index (χ4v) is 8.34. The van der Waals surface area contributed by atoms with Crippen LogP contribution in [-0.4, -0.2) is 14.5 Å². The van der Waals surface area contributed by atoms with Crippen molar-refractivity contribution in [3.63, 3.8) is 0 Å². The predicted octanol–water partition coefficient (Wildman–Crippen LogP) is 11.2. The van der Waals surface area contributed by atoms with E-state index in [-0.39, 0.29) is 0 Å². The van der Waals surface area contributed by atoms with Gasteiger partial charge in [-0.15, -0.1) is 0 Å². The van der Waals surface area contributed by atoms with Gasteiger partial charge in [-0.3, -0.25) is 4.57 Å². The van der Waals surface area contributed by atoms with Crippen molar-refractivity contribution in [1.29, 1.82) is 0 Å². The highest BCUT2D eigenvalue weighted by Crippen LogP contribution is 2.51. The lowest BCUT2D eigenvalue weighted by Gasteiger charge is -2.15. The lowest BCUT2D eigenvalue weighted by Crippen LogP contribution is -2.04. The highest BCUT2D eigenvalue weighted by molar-refractivity contribution is 6.44. The summed E-state index contributed by atoms with van der Waals surface area (Å²) < 4.78 is 8.89. The quantitative estimate of drug-likeness (QED) is 0.190. The number of aromatic nitrogens is 3. The number of furan rings is 1. The van der Waals surface area contributed by atoms with E-state index in [2.05, 4.69) is 132 Å². The topological polar surface area (TPSA) is 43.9 Å². The Morgan fingerprint density at radius 3 is 1.72 bits per heavy atom. The van der Waals surface area contributed by atoms with Crippen LogP contribution in [0.5, 0.6) is 0 Å². The molecule has 4 heteroatoms. The molecule has 46 heavy (non-hydrogen) atoms. The number of rotatable bonds is 2. The summed E-state index contributed by atoms with van der Waals surface area (Å²) in [7, 11) is 0. The molecule has 0 saturated carbocycles. The average molecular weight is 584 g/mol. The SMILES string of the molecule is c1ccc(-c2nc3c(ccc4ccccc43)nc2-n2c3ccc4ccc5ccc6oc7ccc8ccc2c2c8c7c6c5c4c23)cc1. The Bertz CT molecular complexity index is 3160. The molecule has 0 atom stereocenters. The van der Waals surface area contributed by atoms with Gasteiger partial charge in [0.15, 0.2) is 5.82 Å². The first-order valence-electron chi connectivity index (χ1n) is 15.7. The van der Waals surface area contributed by atoms with Crippen LogP contribution in [0.1, 0.15) is 0 Å². The summed E-state index contributed by atoms with van der Waals surface area (Å²) in [6.07, 6.45) is 0. The van der Waals surface area contributed by atoms with Gasteiger partial charge in [-0.05, 0) is 51.9 Å². The van der Waals surface area contributed by atoms with Gasteiger partial charge in [0.2, 0.25) is 0 Å². The lowest BCUT2D eigenvalue weighted by atomic mass is 9.96. The molecule has 12 aromatic rings. The molecule has 0 amide bonds. The number of hydrogen-bond acceptors (Lipinski definition) is 3. The van der Waals surface area contributed by atoms with E-state index in [1.807, 2.05) is 0 Å². The van der Waals surface area contributed by atoms with Crippen molar-refractivity contribution in [3.05, 3.63) is 127 Å². The zero-order chi connectivity index (χ0) is 29.7. The predicted molar refractivity (Wildman–Crippen MR) is 190 cm³/mol. The zero-order valence-electron chi connectivity index (χ0n) is 24.4. The smallest absolute Gasteiger partial charge is 0.165 e. The van der Waals surface area contributed by atoms with Gasteiger partial charge in [0.1, 0.15) is 16.9 Å². The van der Waals surface area contributed by atoms with Gasteiger partial charge in [-0.2, -0.15) is 0 Å². The maximum Gasteiger partial charge on any atom is 0.165 e. The molecule has 0 bridgehead atoms. The summed E-state index contributed by atoms with van der Waals surface area (Å²) in [6, 6.07) is 45.4. The summed E-state index contributed by atoms with van der Waals surface area (Å²) >= 11 is 0. The third kappa shape index (κ3) is 2.65. The fraction of sp³-hybridized carbons (Fsp3) is 0. The molecule has 0 radical (unpaired) electrons. The maximum atomic E-state index is 6.53. The minimum atomic E-state index is 0.832. The van der Waals surface area contributed by atoms with Crippen LogP contribution in [0.25, 0.3) is 115 Å². The Hall–Kier alpha value is -6.26. The van der Waals surface area contributed by atoms with Crippen molar-refractivity contribution < 1.29 is 4.42 Å². The number of benzene rings is 8. The van der Waals surface area contributed by atoms with E-state index in [0.29, 0.717) is 0 Å². The molecule has 0 saturated heterocycles. The van der Waals surface area contributed by atoms with E-state index in [1.54, 1.807) is 0 Å². The van der Waals surface area contributed by atoms with E-state index in [1.165, 1.54) is 53.9 Å². The van der Waals surface area contributed by atoms with Gasteiger partial charge in [0.25, 0.3) is 0 Å². The molecular formula is C42H21N3O. The molecule has 210 valence electrons. The third-order valence-electron chi connectivity index (χ3n) is 10.2. The van der Waals surface area contributed by atoms with E-state index in [4.69, 9.17) is 14.4 Å². The van der Waals surface area contributed by atoms with Crippen molar-refractivity contribution in [3.8, 4) is 17.1 Å². The second-order valence-electron chi connectivity index (χ2n) is 12.5. The van der Waals surface area contributed by atoms with E-state index < -0.39 is 0 Å². The van der Waals surface area contributed by atoms with Gasteiger partial charge in [-0.1, -0.05) is 97.1 Å². The van der Waals surface area contributed by atoms with Crippen molar-refractivity contribution >= 4 is 97.9 Å². The normalized spacial score (nSPS) is 12.8. The van der Waals surface area contributed by atoms with Crippen molar-refractivity contribution in [1.82, 2.24) is 14.5 Å². The molecule has 0 spiro atoms. The molecule has 0 aliphatic rings. The summed E-state index contributed by atoms with van der Waals surface area (Å²) in [4.78, 5) is 10.9. The van der Waals surface area contributed by atoms with Gasteiger partial charge >= 0.3 is 0 Å². The molecule has 0 N–H and O–H groups in total.